The normalized spacial score (nSPS) is 23.7. The van der Waals surface area contributed by atoms with E-state index < -0.39 is 0 Å². The maximum atomic E-state index is 12.0. The lowest BCUT2D eigenvalue weighted by atomic mass is 10.1. The summed E-state index contributed by atoms with van der Waals surface area (Å²) in [5.74, 6) is 0.596. The molecule has 0 aromatic carbocycles. The van der Waals surface area contributed by atoms with Gasteiger partial charge in [-0.05, 0) is 12.8 Å². The van der Waals surface area contributed by atoms with Crippen LogP contribution in [-0.4, -0.2) is 55.6 Å². The summed E-state index contributed by atoms with van der Waals surface area (Å²) in [6.45, 7) is 10.2. The Kier molecular flexibility index (Phi) is 5.88. The Hall–Kier alpha value is -0.650. The third kappa shape index (κ3) is 4.26. The van der Waals surface area contributed by atoms with E-state index in [1.54, 1.807) is 0 Å². The van der Waals surface area contributed by atoms with Crippen LogP contribution < -0.4 is 16.4 Å². The molecule has 2 unspecified atom stereocenters. The van der Waals surface area contributed by atoms with Crippen molar-refractivity contribution in [3.63, 3.8) is 0 Å². The smallest absolute Gasteiger partial charge is 0.237 e. The Morgan fingerprint density at radius 3 is 2.82 bits per heavy atom. The third-order valence-electron chi connectivity index (χ3n) is 3.23. The number of carbonyl (C=O) groups excluding carboxylic acids is 1. The van der Waals surface area contributed by atoms with Crippen LogP contribution in [0.2, 0.25) is 0 Å². The highest BCUT2D eigenvalue weighted by Crippen LogP contribution is 2.08. The first-order valence-corrected chi connectivity index (χ1v) is 6.50. The van der Waals surface area contributed by atoms with Crippen molar-refractivity contribution in [2.75, 3.05) is 32.7 Å². The van der Waals surface area contributed by atoms with Crippen molar-refractivity contribution in [1.29, 1.82) is 0 Å². The van der Waals surface area contributed by atoms with Crippen molar-refractivity contribution in [2.45, 2.75) is 32.9 Å². The molecule has 1 amide bonds. The fourth-order valence-electron chi connectivity index (χ4n) is 2.11. The van der Waals surface area contributed by atoms with E-state index in [9.17, 15) is 4.79 Å². The number of hydrogen-bond acceptors (Lipinski definition) is 4. The molecule has 5 nitrogen and oxygen atoms in total. The number of nitrogens with two attached hydrogens (primary N) is 1. The molecule has 100 valence electrons. The van der Waals surface area contributed by atoms with Crippen LogP contribution in [0.1, 0.15) is 20.8 Å². The topological polar surface area (TPSA) is 70.4 Å². The second-order valence-electron chi connectivity index (χ2n) is 5.15. The van der Waals surface area contributed by atoms with Gasteiger partial charge in [0.05, 0.1) is 6.04 Å². The fourth-order valence-corrected chi connectivity index (χ4v) is 2.11. The molecule has 0 spiro atoms. The summed E-state index contributed by atoms with van der Waals surface area (Å²) < 4.78 is 0. The Labute approximate surface area is 104 Å². The zero-order valence-electron chi connectivity index (χ0n) is 11.2. The highest BCUT2D eigenvalue weighted by Gasteiger charge is 2.29. The molecule has 1 aliphatic heterocycles. The van der Waals surface area contributed by atoms with Gasteiger partial charge < -0.3 is 16.4 Å². The number of carbonyl (C=O) groups is 1. The van der Waals surface area contributed by atoms with Gasteiger partial charge in [0.25, 0.3) is 0 Å². The van der Waals surface area contributed by atoms with Gasteiger partial charge in [-0.15, -0.1) is 0 Å². The number of piperazine rings is 1. The first-order valence-electron chi connectivity index (χ1n) is 6.50. The van der Waals surface area contributed by atoms with Crippen LogP contribution in [0.25, 0.3) is 0 Å². The average Bonchev–Trinajstić information content (AvgIpc) is 2.34. The van der Waals surface area contributed by atoms with Gasteiger partial charge in [0, 0.05) is 38.8 Å². The van der Waals surface area contributed by atoms with Gasteiger partial charge in [-0.2, -0.15) is 0 Å². The maximum Gasteiger partial charge on any atom is 0.237 e. The van der Waals surface area contributed by atoms with Crippen molar-refractivity contribution in [1.82, 2.24) is 15.5 Å². The van der Waals surface area contributed by atoms with Crippen molar-refractivity contribution in [3.8, 4) is 0 Å². The summed E-state index contributed by atoms with van der Waals surface area (Å²) in [5, 5.41) is 6.29. The number of rotatable bonds is 5. The van der Waals surface area contributed by atoms with Crippen molar-refractivity contribution < 1.29 is 4.79 Å². The minimum Gasteiger partial charge on any atom is -0.354 e. The van der Waals surface area contributed by atoms with E-state index in [0.29, 0.717) is 12.5 Å². The van der Waals surface area contributed by atoms with Crippen LogP contribution in [0.4, 0.5) is 0 Å². The van der Waals surface area contributed by atoms with Crippen LogP contribution in [0.5, 0.6) is 0 Å². The molecule has 1 saturated heterocycles. The van der Waals surface area contributed by atoms with E-state index in [1.165, 1.54) is 0 Å². The van der Waals surface area contributed by atoms with Gasteiger partial charge in [0.15, 0.2) is 0 Å². The molecule has 1 rings (SSSR count). The van der Waals surface area contributed by atoms with Crippen molar-refractivity contribution in [2.24, 2.45) is 11.7 Å². The molecule has 0 aliphatic carbocycles. The molecule has 4 N–H and O–H groups in total. The van der Waals surface area contributed by atoms with E-state index in [0.717, 1.165) is 26.2 Å². The molecule has 0 aromatic heterocycles. The largest absolute Gasteiger partial charge is 0.354 e. The summed E-state index contributed by atoms with van der Waals surface area (Å²) in [6, 6.07) is 0.174. The molecule has 0 aromatic rings. The second-order valence-corrected chi connectivity index (χ2v) is 5.15. The molecule has 1 heterocycles. The zero-order valence-corrected chi connectivity index (χ0v) is 11.2. The zero-order chi connectivity index (χ0) is 12.8. The van der Waals surface area contributed by atoms with E-state index in [2.05, 4.69) is 29.4 Å². The highest BCUT2D eigenvalue weighted by atomic mass is 16.2. The van der Waals surface area contributed by atoms with Gasteiger partial charge in [-0.25, -0.2) is 0 Å². The van der Waals surface area contributed by atoms with Crippen LogP contribution in [0.3, 0.4) is 0 Å². The summed E-state index contributed by atoms with van der Waals surface area (Å²) in [4.78, 5) is 14.2. The third-order valence-corrected chi connectivity index (χ3v) is 3.23. The van der Waals surface area contributed by atoms with Gasteiger partial charge in [-0.1, -0.05) is 13.8 Å². The van der Waals surface area contributed by atoms with Crippen LogP contribution in [0.15, 0.2) is 0 Å². The first-order chi connectivity index (χ1) is 8.06. The minimum absolute atomic E-state index is 0.0931. The Bertz CT molecular complexity index is 245. The molecule has 0 radical (unpaired) electrons. The fraction of sp³-hybridized carbons (Fsp3) is 0.917. The number of amides is 1. The predicted molar refractivity (Wildman–Crippen MR) is 69.7 cm³/mol. The Balaban J connectivity index is 2.48. The number of nitrogens with one attached hydrogen (secondary N) is 2. The van der Waals surface area contributed by atoms with E-state index >= 15 is 0 Å². The number of nitrogens with zero attached hydrogens (tertiary/aromatic N) is 1. The molecule has 2 atom stereocenters. The highest BCUT2D eigenvalue weighted by molar-refractivity contribution is 5.81. The van der Waals surface area contributed by atoms with E-state index in [-0.39, 0.29) is 18.0 Å². The molecule has 1 fully saturated rings. The second kappa shape index (κ2) is 6.93. The Morgan fingerprint density at radius 1 is 1.53 bits per heavy atom. The molecular formula is C12H26N4O. The lowest BCUT2D eigenvalue weighted by Crippen LogP contribution is -2.60. The SMILES string of the molecule is CC(C)CNC(=O)C(C)N1CCNCC1CN. The van der Waals surface area contributed by atoms with E-state index in [1.807, 2.05) is 6.92 Å². The molecule has 0 bridgehead atoms. The van der Waals surface area contributed by atoms with Crippen LogP contribution in [-0.2, 0) is 4.79 Å². The van der Waals surface area contributed by atoms with E-state index in [4.69, 9.17) is 5.73 Å². The molecule has 0 saturated carbocycles. The lowest BCUT2D eigenvalue weighted by molar-refractivity contribution is -0.127. The summed E-state index contributed by atoms with van der Waals surface area (Å²) in [5.41, 5.74) is 5.74. The minimum atomic E-state index is -0.0931. The standard InChI is InChI=1S/C12H26N4O/c1-9(2)7-15-12(17)10(3)16-5-4-14-8-11(16)6-13/h9-11,14H,4-8,13H2,1-3H3,(H,15,17). The lowest BCUT2D eigenvalue weighted by Gasteiger charge is -2.38. The van der Waals surface area contributed by atoms with Crippen molar-refractivity contribution in [3.05, 3.63) is 0 Å². The van der Waals surface area contributed by atoms with Crippen LogP contribution >= 0.6 is 0 Å². The summed E-state index contributed by atoms with van der Waals surface area (Å²) >= 11 is 0. The maximum absolute atomic E-state index is 12.0. The molecule has 5 heteroatoms. The van der Waals surface area contributed by atoms with Gasteiger partial charge in [0.2, 0.25) is 5.91 Å². The monoisotopic (exact) mass is 242 g/mol. The van der Waals surface area contributed by atoms with Crippen molar-refractivity contribution >= 4 is 5.91 Å². The summed E-state index contributed by atoms with van der Waals surface area (Å²) in [6.07, 6.45) is 0. The van der Waals surface area contributed by atoms with Gasteiger partial charge in [0.1, 0.15) is 0 Å². The molecule has 1 aliphatic rings. The first kappa shape index (κ1) is 14.4. The van der Waals surface area contributed by atoms with Gasteiger partial charge >= 0.3 is 0 Å². The number of hydrogen-bond donors (Lipinski definition) is 3. The van der Waals surface area contributed by atoms with Gasteiger partial charge in [-0.3, -0.25) is 9.69 Å². The van der Waals surface area contributed by atoms with Crippen LogP contribution in [0, 0.1) is 5.92 Å². The Morgan fingerprint density at radius 2 is 2.24 bits per heavy atom. The predicted octanol–water partition coefficient (Wildman–Crippen LogP) is -0.620. The average molecular weight is 242 g/mol. The quantitative estimate of drug-likeness (QED) is 0.601. The molecular weight excluding hydrogens is 216 g/mol. The molecule has 17 heavy (non-hydrogen) atoms. The summed E-state index contributed by atoms with van der Waals surface area (Å²) in [7, 11) is 0.